The van der Waals surface area contributed by atoms with Crippen LogP contribution in [0.3, 0.4) is 0 Å². The molecule has 0 spiro atoms. The van der Waals surface area contributed by atoms with Crippen LogP contribution >= 0.6 is 0 Å². The van der Waals surface area contributed by atoms with E-state index in [4.69, 9.17) is 10.2 Å². The van der Waals surface area contributed by atoms with Crippen LogP contribution in [-0.4, -0.2) is 22.2 Å². The van der Waals surface area contributed by atoms with E-state index in [2.05, 4.69) is 0 Å². The van der Waals surface area contributed by atoms with E-state index in [1.165, 1.54) is 0 Å². The van der Waals surface area contributed by atoms with Gasteiger partial charge in [-0.1, -0.05) is 17.0 Å². The van der Waals surface area contributed by atoms with Crippen LogP contribution in [0.15, 0.2) is 23.1 Å². The van der Waals surface area contributed by atoms with Gasteiger partial charge >= 0.3 is 41.5 Å². The molecule has 0 amide bonds. The average molecular weight is 252 g/mol. The first kappa shape index (κ1) is 15.1. The maximum atomic E-state index is 10.6. The number of hydrogen-bond acceptors (Lipinski definition) is 5. The van der Waals surface area contributed by atoms with Gasteiger partial charge in [0.2, 0.25) is 0 Å². The number of aromatic carboxylic acids is 2. The number of benzene rings is 1. The Morgan fingerprint density at radius 1 is 0.938 bits per heavy atom. The Bertz CT molecular complexity index is 467. The SMILES string of the molecule is O=C(O)c1cc(C(=O)O)cc([S-](=O)=O)c1.[Na+]. The van der Waals surface area contributed by atoms with Crippen molar-refractivity contribution in [2.24, 2.45) is 0 Å². The molecule has 0 saturated carbocycles. The van der Waals surface area contributed by atoms with E-state index in [1.807, 2.05) is 0 Å². The second-order valence-corrected chi connectivity index (χ2v) is 3.53. The van der Waals surface area contributed by atoms with Crippen LogP contribution in [0.5, 0.6) is 0 Å². The van der Waals surface area contributed by atoms with Gasteiger partial charge in [-0.05, 0) is 16.8 Å². The molecule has 0 bridgehead atoms. The monoisotopic (exact) mass is 252 g/mol. The van der Waals surface area contributed by atoms with E-state index in [0.29, 0.717) is 0 Å². The first-order chi connectivity index (χ1) is 6.91. The maximum absolute atomic E-state index is 10.6. The molecule has 0 heterocycles. The van der Waals surface area contributed by atoms with Crippen molar-refractivity contribution in [1.29, 1.82) is 0 Å². The third-order valence-electron chi connectivity index (χ3n) is 1.59. The van der Waals surface area contributed by atoms with Gasteiger partial charge in [-0.25, -0.2) is 9.59 Å². The molecule has 0 unspecified atom stereocenters. The van der Waals surface area contributed by atoms with Crippen molar-refractivity contribution >= 4 is 22.6 Å². The Kier molecular flexibility index (Phi) is 5.66. The summed E-state index contributed by atoms with van der Waals surface area (Å²) in [6, 6.07) is 2.66. The predicted octanol–water partition coefficient (Wildman–Crippen LogP) is -2.24. The van der Waals surface area contributed by atoms with Gasteiger partial charge in [-0.15, -0.1) is 0 Å². The fraction of sp³-hybridized carbons (Fsp3) is 0. The summed E-state index contributed by atoms with van der Waals surface area (Å²) in [6.45, 7) is 0. The van der Waals surface area contributed by atoms with E-state index in [9.17, 15) is 18.0 Å². The van der Waals surface area contributed by atoms with Crippen molar-refractivity contribution < 1.29 is 57.8 Å². The summed E-state index contributed by atoms with van der Waals surface area (Å²) in [5, 5.41) is 17.2. The zero-order valence-corrected chi connectivity index (χ0v) is 11.0. The fourth-order valence-electron chi connectivity index (χ4n) is 0.942. The van der Waals surface area contributed by atoms with E-state index >= 15 is 0 Å². The Labute approximate surface area is 114 Å². The molecule has 0 aliphatic rings. The molecule has 1 aromatic rings. The van der Waals surface area contributed by atoms with Crippen LogP contribution in [0.1, 0.15) is 20.7 Å². The van der Waals surface area contributed by atoms with Crippen LogP contribution in [0.25, 0.3) is 0 Å². The number of carboxylic acids is 2. The summed E-state index contributed by atoms with van der Waals surface area (Å²) in [7, 11) is -2.66. The smallest absolute Gasteiger partial charge is 0.478 e. The number of rotatable bonds is 3. The molecule has 6 nitrogen and oxygen atoms in total. The van der Waals surface area contributed by atoms with Crippen LogP contribution in [0.4, 0.5) is 0 Å². The normalized spacial score (nSPS) is 9.56. The third-order valence-corrected chi connectivity index (χ3v) is 2.21. The van der Waals surface area contributed by atoms with Crippen LogP contribution in [0.2, 0.25) is 0 Å². The van der Waals surface area contributed by atoms with Crippen molar-refractivity contribution in [1.82, 2.24) is 0 Å². The molecular formula is C8H5NaO6S. The zero-order valence-electron chi connectivity index (χ0n) is 8.17. The Morgan fingerprint density at radius 2 is 1.31 bits per heavy atom. The molecule has 0 saturated heterocycles. The van der Waals surface area contributed by atoms with E-state index in [0.717, 1.165) is 18.2 Å². The van der Waals surface area contributed by atoms with E-state index < -0.39 is 22.6 Å². The van der Waals surface area contributed by atoms with Gasteiger partial charge in [0, 0.05) is 0 Å². The number of carboxylic acid groups (broad SMARTS) is 2. The maximum Gasteiger partial charge on any atom is 1.00 e. The van der Waals surface area contributed by atoms with Crippen molar-refractivity contribution in [3.05, 3.63) is 29.3 Å². The second-order valence-electron chi connectivity index (χ2n) is 2.59. The Morgan fingerprint density at radius 3 is 1.56 bits per heavy atom. The zero-order chi connectivity index (χ0) is 11.6. The van der Waals surface area contributed by atoms with Gasteiger partial charge in [0.05, 0.1) is 11.1 Å². The van der Waals surface area contributed by atoms with Gasteiger partial charge in [-0.3, -0.25) is 0 Å². The molecule has 1 rings (SSSR count). The summed E-state index contributed by atoms with van der Waals surface area (Å²) in [4.78, 5) is 20.7. The molecule has 2 N–H and O–H groups in total. The molecule has 0 fully saturated rings. The van der Waals surface area contributed by atoms with Crippen molar-refractivity contribution in [2.75, 3.05) is 0 Å². The topological polar surface area (TPSA) is 109 Å². The Hall–Kier alpha value is -0.890. The molecule has 16 heavy (non-hydrogen) atoms. The molecule has 8 heteroatoms. The number of carbonyl (C=O) groups is 2. The first-order valence-electron chi connectivity index (χ1n) is 3.62. The third kappa shape index (κ3) is 3.60. The molecule has 0 aliphatic heterocycles. The van der Waals surface area contributed by atoms with Crippen LogP contribution < -0.4 is 29.6 Å². The summed E-state index contributed by atoms with van der Waals surface area (Å²) in [6.07, 6.45) is 0. The van der Waals surface area contributed by atoms with E-state index in [1.54, 1.807) is 0 Å². The summed E-state index contributed by atoms with van der Waals surface area (Å²) < 4.78 is 21.1. The molecule has 0 aromatic heterocycles. The Balaban J connectivity index is 0.00000225. The minimum Gasteiger partial charge on any atom is -0.478 e. The van der Waals surface area contributed by atoms with Gasteiger partial charge in [0.15, 0.2) is 0 Å². The van der Waals surface area contributed by atoms with Crippen LogP contribution in [0, 0.1) is 0 Å². The fourth-order valence-corrected chi connectivity index (χ4v) is 1.39. The van der Waals surface area contributed by atoms with Crippen LogP contribution in [-0.2, 0) is 19.1 Å². The van der Waals surface area contributed by atoms with Gasteiger partial charge in [-0.2, -0.15) is 0 Å². The second kappa shape index (κ2) is 6.00. The summed E-state index contributed by atoms with van der Waals surface area (Å²) in [5.41, 5.74) is -0.761. The van der Waals surface area contributed by atoms with E-state index in [-0.39, 0.29) is 45.6 Å². The largest absolute Gasteiger partial charge is 1.00 e. The molecule has 0 aliphatic carbocycles. The standard InChI is InChI=1S/C8H5O6S.Na/c9-7(10)4-1-5(8(11)12)3-6(2-4)15(13)14;/h1-3H,(H,9,10)(H,11,12);/q-1;+1. The quantitative estimate of drug-likeness (QED) is 0.465. The molecule has 0 radical (unpaired) electrons. The van der Waals surface area contributed by atoms with Crippen molar-refractivity contribution in [2.45, 2.75) is 4.90 Å². The minimum absolute atomic E-state index is 0. The summed E-state index contributed by atoms with van der Waals surface area (Å²) >= 11 is 0. The average Bonchev–Trinajstić information content (AvgIpc) is 2.16. The van der Waals surface area contributed by atoms with Gasteiger partial charge in [0.25, 0.3) is 0 Å². The van der Waals surface area contributed by atoms with Gasteiger partial charge in [0.1, 0.15) is 0 Å². The molecule has 0 atom stereocenters. The van der Waals surface area contributed by atoms with Crippen molar-refractivity contribution in [3.63, 3.8) is 0 Å². The first-order valence-corrected chi connectivity index (χ1v) is 4.70. The molecular weight excluding hydrogens is 247 g/mol. The minimum atomic E-state index is -2.66. The predicted molar refractivity (Wildman–Crippen MR) is 47.4 cm³/mol. The molecule has 1 aromatic carbocycles. The number of hydrogen-bond donors (Lipinski definition) is 2. The molecule has 80 valence electrons. The van der Waals surface area contributed by atoms with Crippen molar-refractivity contribution in [3.8, 4) is 0 Å². The van der Waals surface area contributed by atoms with Gasteiger partial charge < -0.3 is 18.6 Å². The summed E-state index contributed by atoms with van der Waals surface area (Å²) in [5.74, 6) is -2.77.